The minimum atomic E-state index is 0.239. The lowest BCUT2D eigenvalue weighted by atomic mass is 9.87. The summed E-state index contributed by atoms with van der Waals surface area (Å²) in [6.07, 6.45) is 1.22. The van der Waals surface area contributed by atoms with Gasteiger partial charge in [-0.25, -0.2) is 0 Å². The molecule has 1 unspecified atom stereocenters. The molecule has 1 nitrogen and oxygen atoms in total. The minimum Gasteiger partial charge on any atom is -0.330 e. The summed E-state index contributed by atoms with van der Waals surface area (Å²) in [7, 11) is 0. The van der Waals surface area contributed by atoms with Gasteiger partial charge in [-0.3, -0.25) is 0 Å². The molecule has 1 aliphatic carbocycles. The highest BCUT2D eigenvalue weighted by Gasteiger charge is 2.60. The molecule has 2 rings (SSSR count). The average molecular weight is 217 g/mol. The fraction of sp³-hybridized carbons (Fsp3) is 0.600. The van der Waals surface area contributed by atoms with Gasteiger partial charge in [0.15, 0.2) is 0 Å². The molecule has 0 aliphatic heterocycles. The van der Waals surface area contributed by atoms with Crippen molar-refractivity contribution in [2.45, 2.75) is 45.4 Å². The Kier molecular flexibility index (Phi) is 2.62. The second kappa shape index (κ2) is 3.59. The third kappa shape index (κ3) is 1.58. The van der Waals surface area contributed by atoms with Gasteiger partial charge in [-0.05, 0) is 28.9 Å². The Labute approximate surface area is 99.0 Å². The molecule has 0 aromatic heterocycles. The molecule has 1 atom stereocenters. The van der Waals surface area contributed by atoms with E-state index in [4.69, 9.17) is 5.73 Å². The normalized spacial score (nSPS) is 27.1. The Hall–Kier alpha value is -0.820. The van der Waals surface area contributed by atoms with Gasteiger partial charge in [0.05, 0.1) is 0 Å². The van der Waals surface area contributed by atoms with Crippen LogP contribution in [0, 0.1) is 5.41 Å². The van der Waals surface area contributed by atoms with Crippen molar-refractivity contribution in [1.82, 2.24) is 0 Å². The lowest BCUT2D eigenvalue weighted by Gasteiger charge is -2.19. The van der Waals surface area contributed by atoms with Gasteiger partial charge in [-0.15, -0.1) is 0 Å². The molecule has 1 saturated carbocycles. The van der Waals surface area contributed by atoms with Crippen molar-refractivity contribution in [3.63, 3.8) is 0 Å². The lowest BCUT2D eigenvalue weighted by molar-refractivity contribution is 0.503. The van der Waals surface area contributed by atoms with Gasteiger partial charge in [0, 0.05) is 12.0 Å². The molecule has 0 bridgehead atoms. The number of hydrogen-bond acceptors (Lipinski definition) is 1. The number of benzene rings is 1. The highest BCUT2D eigenvalue weighted by Crippen LogP contribution is 2.63. The zero-order valence-electron chi connectivity index (χ0n) is 10.9. The quantitative estimate of drug-likeness (QED) is 0.824. The predicted molar refractivity (Wildman–Crippen MR) is 69.7 cm³/mol. The largest absolute Gasteiger partial charge is 0.330 e. The van der Waals surface area contributed by atoms with E-state index in [1.54, 1.807) is 0 Å². The molecule has 1 aromatic carbocycles. The van der Waals surface area contributed by atoms with E-state index < -0.39 is 0 Å². The average Bonchev–Trinajstić information content (AvgIpc) is 2.82. The molecule has 0 radical (unpaired) electrons. The Morgan fingerprint density at radius 3 is 2.00 bits per heavy atom. The molecule has 0 spiro atoms. The molecule has 1 fully saturated rings. The third-order valence-corrected chi connectivity index (χ3v) is 4.39. The topological polar surface area (TPSA) is 26.0 Å². The molecule has 2 N–H and O–H groups in total. The molecule has 0 heterocycles. The SMILES string of the molecule is CC(C)c1ccc(C2(CN)CC2(C)C)cc1. The van der Waals surface area contributed by atoms with Crippen LogP contribution in [-0.4, -0.2) is 6.54 Å². The molecule has 1 aliphatic rings. The van der Waals surface area contributed by atoms with Crippen LogP contribution >= 0.6 is 0 Å². The van der Waals surface area contributed by atoms with Gasteiger partial charge in [0.2, 0.25) is 0 Å². The molecule has 1 aromatic rings. The van der Waals surface area contributed by atoms with Crippen molar-refractivity contribution in [3.05, 3.63) is 35.4 Å². The van der Waals surface area contributed by atoms with Crippen molar-refractivity contribution >= 4 is 0 Å². The molecule has 0 saturated heterocycles. The van der Waals surface area contributed by atoms with Crippen LogP contribution in [0.3, 0.4) is 0 Å². The first-order chi connectivity index (χ1) is 7.43. The van der Waals surface area contributed by atoms with Crippen LogP contribution in [0.2, 0.25) is 0 Å². The van der Waals surface area contributed by atoms with E-state index in [1.807, 2.05) is 0 Å². The van der Waals surface area contributed by atoms with Crippen molar-refractivity contribution in [1.29, 1.82) is 0 Å². The van der Waals surface area contributed by atoms with Crippen LogP contribution in [0.25, 0.3) is 0 Å². The standard InChI is InChI=1S/C15H23N/c1-11(2)12-5-7-13(8-6-12)15(10-16)9-14(15,3)4/h5-8,11H,9-10,16H2,1-4H3. The zero-order chi connectivity index (χ0) is 12.0. The first-order valence-corrected chi connectivity index (χ1v) is 6.23. The van der Waals surface area contributed by atoms with E-state index in [1.165, 1.54) is 17.5 Å². The summed E-state index contributed by atoms with van der Waals surface area (Å²) in [5.41, 5.74) is 9.42. The van der Waals surface area contributed by atoms with E-state index in [-0.39, 0.29) is 5.41 Å². The fourth-order valence-corrected chi connectivity index (χ4v) is 2.86. The van der Waals surface area contributed by atoms with Crippen molar-refractivity contribution in [3.8, 4) is 0 Å². The van der Waals surface area contributed by atoms with Gasteiger partial charge >= 0.3 is 0 Å². The maximum atomic E-state index is 5.97. The molecule has 1 heteroatoms. The smallest absolute Gasteiger partial charge is 0.0132 e. The second-order valence-corrected chi connectivity index (χ2v) is 6.12. The Balaban J connectivity index is 2.29. The van der Waals surface area contributed by atoms with Crippen LogP contribution in [0.1, 0.15) is 51.2 Å². The van der Waals surface area contributed by atoms with E-state index >= 15 is 0 Å². The zero-order valence-corrected chi connectivity index (χ0v) is 10.9. The van der Waals surface area contributed by atoms with Crippen molar-refractivity contribution in [2.75, 3.05) is 6.54 Å². The van der Waals surface area contributed by atoms with E-state index in [0.717, 1.165) is 6.54 Å². The molecule has 88 valence electrons. The highest BCUT2D eigenvalue weighted by molar-refractivity contribution is 5.39. The van der Waals surface area contributed by atoms with Crippen molar-refractivity contribution in [2.24, 2.45) is 11.1 Å². The van der Waals surface area contributed by atoms with Gasteiger partial charge in [-0.2, -0.15) is 0 Å². The second-order valence-electron chi connectivity index (χ2n) is 6.12. The first kappa shape index (κ1) is 11.7. The van der Waals surface area contributed by atoms with Gasteiger partial charge in [-0.1, -0.05) is 52.0 Å². The van der Waals surface area contributed by atoms with E-state index in [0.29, 0.717) is 11.3 Å². The Bertz CT molecular complexity index is 375. The van der Waals surface area contributed by atoms with Crippen LogP contribution in [0.5, 0.6) is 0 Å². The Morgan fingerprint density at radius 2 is 1.69 bits per heavy atom. The summed E-state index contributed by atoms with van der Waals surface area (Å²) in [6, 6.07) is 9.06. The van der Waals surface area contributed by atoms with Gasteiger partial charge in [0.1, 0.15) is 0 Å². The van der Waals surface area contributed by atoms with E-state index in [2.05, 4.69) is 52.0 Å². The molecular weight excluding hydrogens is 194 g/mol. The fourth-order valence-electron chi connectivity index (χ4n) is 2.86. The first-order valence-electron chi connectivity index (χ1n) is 6.23. The van der Waals surface area contributed by atoms with Crippen LogP contribution < -0.4 is 5.73 Å². The summed E-state index contributed by atoms with van der Waals surface area (Å²) >= 11 is 0. The summed E-state index contributed by atoms with van der Waals surface area (Å²) in [4.78, 5) is 0. The molecule has 0 amide bonds. The van der Waals surface area contributed by atoms with Gasteiger partial charge in [0.25, 0.3) is 0 Å². The van der Waals surface area contributed by atoms with Crippen LogP contribution in [-0.2, 0) is 5.41 Å². The maximum absolute atomic E-state index is 5.97. The lowest BCUT2D eigenvalue weighted by Crippen LogP contribution is -2.25. The minimum absolute atomic E-state index is 0.239. The summed E-state index contributed by atoms with van der Waals surface area (Å²) in [5, 5.41) is 0. The highest BCUT2D eigenvalue weighted by atomic mass is 14.7. The third-order valence-electron chi connectivity index (χ3n) is 4.39. The summed E-state index contributed by atoms with van der Waals surface area (Å²) in [5.74, 6) is 0.607. The number of nitrogens with two attached hydrogens (primary N) is 1. The molecule has 16 heavy (non-hydrogen) atoms. The van der Waals surface area contributed by atoms with Crippen LogP contribution in [0.4, 0.5) is 0 Å². The number of rotatable bonds is 3. The monoisotopic (exact) mass is 217 g/mol. The van der Waals surface area contributed by atoms with Crippen molar-refractivity contribution < 1.29 is 0 Å². The summed E-state index contributed by atoms with van der Waals surface area (Å²) < 4.78 is 0. The van der Waals surface area contributed by atoms with Gasteiger partial charge < -0.3 is 5.73 Å². The maximum Gasteiger partial charge on any atom is 0.0132 e. The van der Waals surface area contributed by atoms with Crippen LogP contribution in [0.15, 0.2) is 24.3 Å². The Morgan fingerprint density at radius 1 is 1.19 bits per heavy atom. The van der Waals surface area contributed by atoms with E-state index in [9.17, 15) is 0 Å². The summed E-state index contributed by atoms with van der Waals surface area (Å²) in [6.45, 7) is 9.86. The number of hydrogen-bond donors (Lipinski definition) is 1. The molecular formula is C15H23N. The predicted octanol–water partition coefficient (Wildman–Crippen LogP) is 3.44.